The van der Waals surface area contributed by atoms with Gasteiger partial charge in [0.2, 0.25) is 0 Å². The van der Waals surface area contributed by atoms with E-state index in [2.05, 4.69) is 16.9 Å². The van der Waals surface area contributed by atoms with Crippen LogP contribution >= 0.6 is 0 Å². The van der Waals surface area contributed by atoms with Crippen LogP contribution in [0.4, 0.5) is 4.53 Å². The lowest BCUT2D eigenvalue weighted by Crippen LogP contribution is -1.96. The Kier molecular flexibility index (Phi) is 7.34. The third-order valence-electron chi connectivity index (χ3n) is 3.09. The molecule has 0 spiro atoms. The summed E-state index contributed by atoms with van der Waals surface area (Å²) in [4.78, 5) is 13.6. The number of hydrogen-bond donors (Lipinski definition) is 0. The van der Waals surface area contributed by atoms with E-state index in [1.54, 1.807) is 0 Å². The van der Waals surface area contributed by atoms with Gasteiger partial charge in [-0.25, -0.2) is 4.79 Å². The lowest BCUT2D eigenvalue weighted by molar-refractivity contribution is -0.183. The number of unbranched alkanes of at least 4 members (excludes halogenated alkanes) is 4. The van der Waals surface area contributed by atoms with Gasteiger partial charge in [-0.3, -0.25) is 4.94 Å². The normalized spacial score (nSPS) is 9.89. The van der Waals surface area contributed by atoms with Gasteiger partial charge < -0.3 is 0 Å². The molecule has 0 fully saturated rings. The van der Waals surface area contributed by atoms with Gasteiger partial charge in [-0.1, -0.05) is 43.4 Å². The first kappa shape index (κ1) is 15.2. The van der Waals surface area contributed by atoms with Gasteiger partial charge in [-0.2, -0.15) is 0 Å². The van der Waals surface area contributed by atoms with Crippen molar-refractivity contribution in [3.05, 3.63) is 35.4 Å². The largest absolute Gasteiger partial charge is 0.348 e. The third kappa shape index (κ3) is 6.05. The highest BCUT2D eigenvalue weighted by molar-refractivity contribution is 5.68. The summed E-state index contributed by atoms with van der Waals surface area (Å²) in [6, 6.07) is 7.96. The summed E-state index contributed by atoms with van der Waals surface area (Å²) >= 11 is 0. The standard InChI is InChI=1S/C16H19FO2/c1-2-14-10-8-9-12-15(14)11-6-4-3-5-7-13-16(18)19-17/h1,8-10,12H,3-7,11,13H2. The van der Waals surface area contributed by atoms with Crippen LogP contribution in [0.5, 0.6) is 0 Å². The Morgan fingerprint density at radius 1 is 1.16 bits per heavy atom. The molecule has 19 heavy (non-hydrogen) atoms. The second kappa shape index (κ2) is 9.16. The van der Waals surface area contributed by atoms with Crippen LogP contribution < -0.4 is 0 Å². The van der Waals surface area contributed by atoms with E-state index in [0.717, 1.165) is 37.7 Å². The van der Waals surface area contributed by atoms with Crippen molar-refractivity contribution in [1.29, 1.82) is 0 Å². The van der Waals surface area contributed by atoms with E-state index in [9.17, 15) is 9.32 Å². The van der Waals surface area contributed by atoms with Gasteiger partial charge >= 0.3 is 5.97 Å². The molecule has 0 aliphatic heterocycles. The molecule has 0 saturated carbocycles. The van der Waals surface area contributed by atoms with Crippen molar-refractivity contribution in [3.8, 4) is 12.3 Å². The highest BCUT2D eigenvalue weighted by atomic mass is 19.3. The lowest BCUT2D eigenvalue weighted by atomic mass is 10.0. The van der Waals surface area contributed by atoms with E-state index in [4.69, 9.17) is 6.42 Å². The number of carbonyl (C=O) groups excluding carboxylic acids is 1. The summed E-state index contributed by atoms with van der Waals surface area (Å²) in [5.41, 5.74) is 2.18. The van der Waals surface area contributed by atoms with Crippen molar-refractivity contribution in [3.63, 3.8) is 0 Å². The Balaban J connectivity index is 2.11. The van der Waals surface area contributed by atoms with Crippen LogP contribution in [0.25, 0.3) is 0 Å². The first-order chi connectivity index (χ1) is 9.27. The monoisotopic (exact) mass is 262 g/mol. The molecule has 0 saturated heterocycles. The molecule has 1 aromatic rings. The van der Waals surface area contributed by atoms with Crippen LogP contribution in [0.2, 0.25) is 0 Å². The fourth-order valence-corrected chi connectivity index (χ4v) is 2.03. The van der Waals surface area contributed by atoms with E-state index >= 15 is 0 Å². The zero-order valence-electron chi connectivity index (χ0n) is 11.0. The van der Waals surface area contributed by atoms with Gasteiger partial charge in [0, 0.05) is 16.5 Å². The van der Waals surface area contributed by atoms with Gasteiger partial charge in [0.1, 0.15) is 0 Å². The molecule has 102 valence electrons. The van der Waals surface area contributed by atoms with E-state index in [-0.39, 0.29) is 6.42 Å². The summed E-state index contributed by atoms with van der Waals surface area (Å²) in [5.74, 6) is 1.91. The zero-order valence-corrected chi connectivity index (χ0v) is 11.0. The number of carbonyl (C=O) groups is 1. The highest BCUT2D eigenvalue weighted by Gasteiger charge is 2.02. The minimum absolute atomic E-state index is 0.163. The van der Waals surface area contributed by atoms with Crippen molar-refractivity contribution in [2.75, 3.05) is 0 Å². The fourth-order valence-electron chi connectivity index (χ4n) is 2.03. The van der Waals surface area contributed by atoms with E-state index in [1.807, 2.05) is 18.2 Å². The Bertz CT molecular complexity index is 435. The topological polar surface area (TPSA) is 26.3 Å². The molecule has 0 atom stereocenters. The van der Waals surface area contributed by atoms with Crippen LogP contribution in [0.1, 0.15) is 49.7 Å². The van der Waals surface area contributed by atoms with Gasteiger partial charge in [0.25, 0.3) is 0 Å². The molecule has 0 aliphatic carbocycles. The molecular formula is C16H19FO2. The van der Waals surface area contributed by atoms with Crippen LogP contribution in [-0.2, 0) is 16.2 Å². The summed E-state index contributed by atoms with van der Waals surface area (Å²) < 4.78 is 11.4. The minimum Gasteiger partial charge on any atom is -0.255 e. The smallest absolute Gasteiger partial charge is 0.255 e. The molecular weight excluding hydrogens is 243 g/mol. The summed E-state index contributed by atoms with van der Waals surface area (Å²) in [7, 11) is 0. The fraction of sp³-hybridized carbons (Fsp3) is 0.438. The van der Waals surface area contributed by atoms with Gasteiger partial charge in [-0.15, -0.1) is 6.42 Å². The number of halogens is 1. The first-order valence-corrected chi connectivity index (χ1v) is 6.64. The highest BCUT2D eigenvalue weighted by Crippen LogP contribution is 2.13. The molecule has 0 unspecified atom stereocenters. The third-order valence-corrected chi connectivity index (χ3v) is 3.09. The first-order valence-electron chi connectivity index (χ1n) is 6.64. The molecule has 0 aliphatic rings. The van der Waals surface area contributed by atoms with E-state index in [0.29, 0.717) is 6.42 Å². The Hall–Kier alpha value is -1.82. The number of rotatable bonds is 8. The average Bonchev–Trinajstić information content (AvgIpc) is 2.46. The Labute approximate surface area is 113 Å². The van der Waals surface area contributed by atoms with E-state index in [1.165, 1.54) is 5.56 Å². The average molecular weight is 262 g/mol. The molecule has 0 heterocycles. The van der Waals surface area contributed by atoms with E-state index < -0.39 is 5.97 Å². The quantitative estimate of drug-likeness (QED) is 0.523. The van der Waals surface area contributed by atoms with Crippen LogP contribution in [0.15, 0.2) is 24.3 Å². The number of aryl methyl sites for hydroxylation is 1. The van der Waals surface area contributed by atoms with Gasteiger partial charge in [0.15, 0.2) is 0 Å². The van der Waals surface area contributed by atoms with Crippen molar-refractivity contribution >= 4 is 5.97 Å². The molecule has 1 aromatic carbocycles. The van der Waals surface area contributed by atoms with Crippen molar-refractivity contribution < 1.29 is 14.3 Å². The minimum atomic E-state index is -0.775. The van der Waals surface area contributed by atoms with Crippen LogP contribution in [0.3, 0.4) is 0 Å². The summed E-state index contributed by atoms with van der Waals surface area (Å²) in [6.07, 6.45) is 11.4. The number of hydrogen-bond acceptors (Lipinski definition) is 2. The lowest BCUT2D eigenvalue weighted by Gasteiger charge is -2.04. The van der Waals surface area contributed by atoms with Gasteiger partial charge in [-0.05, 0) is 30.9 Å². The van der Waals surface area contributed by atoms with Crippen LogP contribution in [-0.4, -0.2) is 5.97 Å². The number of benzene rings is 1. The summed E-state index contributed by atoms with van der Waals surface area (Å²) in [5, 5.41) is 0. The molecule has 0 amide bonds. The number of terminal acetylenes is 1. The SMILES string of the molecule is C#Cc1ccccc1CCCCCCCC(=O)OF. The van der Waals surface area contributed by atoms with Crippen LogP contribution in [0, 0.1) is 12.3 Å². The van der Waals surface area contributed by atoms with Crippen molar-refractivity contribution in [2.24, 2.45) is 0 Å². The van der Waals surface area contributed by atoms with Crippen molar-refractivity contribution in [2.45, 2.75) is 44.9 Å². The molecule has 0 bridgehead atoms. The maximum Gasteiger partial charge on any atom is 0.348 e. The molecule has 0 aromatic heterocycles. The molecule has 0 radical (unpaired) electrons. The molecule has 3 heteroatoms. The predicted molar refractivity (Wildman–Crippen MR) is 73.0 cm³/mol. The molecule has 2 nitrogen and oxygen atoms in total. The zero-order chi connectivity index (χ0) is 13.9. The maximum atomic E-state index is 11.4. The predicted octanol–water partition coefficient (Wildman–Crippen LogP) is 3.98. The Morgan fingerprint density at radius 2 is 1.84 bits per heavy atom. The maximum absolute atomic E-state index is 11.4. The second-order valence-electron chi connectivity index (χ2n) is 4.52. The summed E-state index contributed by atoms with van der Waals surface area (Å²) in [6.45, 7) is 0. The second-order valence-corrected chi connectivity index (χ2v) is 4.52. The van der Waals surface area contributed by atoms with Crippen molar-refractivity contribution in [1.82, 2.24) is 0 Å². The molecule has 1 rings (SSSR count). The molecule has 0 N–H and O–H groups in total. The Morgan fingerprint density at radius 3 is 2.58 bits per heavy atom. The van der Waals surface area contributed by atoms with Gasteiger partial charge in [0.05, 0.1) is 0 Å².